The molecule has 96 valence electrons. The number of benzene rings is 1. The monoisotopic (exact) mass is 311 g/mol. The van der Waals surface area contributed by atoms with Gasteiger partial charge in [-0.3, -0.25) is 0 Å². The topological polar surface area (TPSA) is 40.7 Å². The van der Waals surface area contributed by atoms with Gasteiger partial charge in [0.2, 0.25) is 0 Å². The number of nitrogens with zero attached hydrogens (tertiary/aromatic N) is 1. The number of halogens is 2. The van der Waals surface area contributed by atoms with Gasteiger partial charge >= 0.3 is 0 Å². The molecule has 0 aliphatic rings. The fourth-order valence-corrected chi connectivity index (χ4v) is 1.96. The second kappa shape index (κ2) is 4.82. The van der Waals surface area contributed by atoms with Gasteiger partial charge in [0.15, 0.2) is 0 Å². The zero-order valence-electron chi connectivity index (χ0n) is 10.5. The van der Waals surface area contributed by atoms with Crippen molar-refractivity contribution in [2.45, 2.75) is 19.4 Å². The largest absolute Gasteiger partial charge is 0.340 e. The quantitative estimate of drug-likeness (QED) is 0.911. The first kappa shape index (κ1) is 13.2. The highest BCUT2D eigenvalue weighted by Crippen LogP contribution is 2.26. The molecule has 0 saturated carbocycles. The molecule has 5 heteroatoms. The minimum Gasteiger partial charge on any atom is -0.340 e. The third kappa shape index (κ3) is 2.47. The summed E-state index contributed by atoms with van der Waals surface area (Å²) in [6, 6.07) is 4.84. The zero-order chi connectivity index (χ0) is 13.3. The first-order valence-electron chi connectivity index (χ1n) is 5.64. The lowest BCUT2D eigenvalue weighted by molar-refractivity contribution is 0.421. The molecule has 2 N–H and O–H groups in total. The fraction of sp³-hybridized carbons (Fsp3) is 0.308. The van der Waals surface area contributed by atoms with Crippen LogP contribution >= 0.6 is 15.9 Å². The summed E-state index contributed by atoms with van der Waals surface area (Å²) >= 11 is 3.34. The maximum atomic E-state index is 13.8. The zero-order valence-corrected chi connectivity index (χ0v) is 12.1. The van der Waals surface area contributed by atoms with E-state index in [4.69, 9.17) is 0 Å². The molecule has 0 atom stereocenters. The van der Waals surface area contributed by atoms with Gasteiger partial charge in [-0.2, -0.15) is 0 Å². The van der Waals surface area contributed by atoms with Crippen molar-refractivity contribution >= 4 is 15.9 Å². The lowest BCUT2D eigenvalue weighted by Gasteiger charge is -2.20. The summed E-state index contributed by atoms with van der Waals surface area (Å²) in [5, 5.41) is 3.15. The molecule has 0 saturated heterocycles. The van der Waals surface area contributed by atoms with Crippen molar-refractivity contribution < 1.29 is 4.39 Å². The van der Waals surface area contributed by atoms with E-state index in [-0.39, 0.29) is 11.4 Å². The van der Waals surface area contributed by atoms with E-state index < -0.39 is 0 Å². The van der Waals surface area contributed by atoms with Crippen molar-refractivity contribution in [3.8, 4) is 11.3 Å². The maximum absolute atomic E-state index is 13.8. The number of imidazole rings is 1. The van der Waals surface area contributed by atoms with Crippen LogP contribution in [-0.2, 0) is 5.54 Å². The summed E-state index contributed by atoms with van der Waals surface area (Å²) in [6.07, 6.45) is 1.65. The predicted octanol–water partition coefficient (Wildman–Crippen LogP) is 3.43. The smallest absolute Gasteiger partial charge is 0.132 e. The molecule has 0 aliphatic carbocycles. The average Bonchev–Trinajstić information content (AvgIpc) is 2.82. The normalized spacial score (nSPS) is 11.8. The Morgan fingerprint density at radius 1 is 1.39 bits per heavy atom. The van der Waals surface area contributed by atoms with Crippen molar-refractivity contribution in [2.75, 3.05) is 7.05 Å². The molecule has 0 spiro atoms. The first-order valence-corrected chi connectivity index (χ1v) is 6.43. The molecule has 18 heavy (non-hydrogen) atoms. The predicted molar refractivity (Wildman–Crippen MR) is 73.8 cm³/mol. The van der Waals surface area contributed by atoms with Crippen LogP contribution in [0, 0.1) is 5.82 Å². The minimum atomic E-state index is -0.277. The molecule has 1 heterocycles. The second-order valence-electron chi connectivity index (χ2n) is 4.64. The van der Waals surface area contributed by atoms with Gasteiger partial charge in [0.25, 0.3) is 0 Å². The number of aromatic amines is 1. The molecule has 2 rings (SSSR count). The van der Waals surface area contributed by atoms with Crippen LogP contribution in [0.2, 0.25) is 0 Å². The van der Waals surface area contributed by atoms with Gasteiger partial charge in [-0.25, -0.2) is 9.37 Å². The van der Waals surface area contributed by atoms with E-state index in [1.165, 1.54) is 6.07 Å². The minimum absolute atomic E-state index is 0.268. The molecule has 1 aromatic heterocycles. The number of hydrogen-bond donors (Lipinski definition) is 2. The van der Waals surface area contributed by atoms with Crippen molar-refractivity contribution in [1.82, 2.24) is 15.3 Å². The molecule has 0 bridgehead atoms. The van der Waals surface area contributed by atoms with Crippen molar-refractivity contribution in [1.29, 1.82) is 0 Å². The molecule has 2 aromatic rings. The average molecular weight is 312 g/mol. The number of hydrogen-bond acceptors (Lipinski definition) is 2. The molecule has 0 unspecified atom stereocenters. The number of aromatic nitrogens is 2. The van der Waals surface area contributed by atoms with Crippen LogP contribution in [0.15, 0.2) is 28.9 Å². The number of H-pyrrole nitrogens is 1. The summed E-state index contributed by atoms with van der Waals surface area (Å²) in [4.78, 5) is 7.46. The Balaban J connectivity index is 2.44. The van der Waals surface area contributed by atoms with Crippen LogP contribution in [0.25, 0.3) is 11.3 Å². The highest BCUT2D eigenvalue weighted by molar-refractivity contribution is 9.10. The molecule has 0 amide bonds. The molecule has 0 radical (unpaired) electrons. The van der Waals surface area contributed by atoms with E-state index in [9.17, 15) is 4.39 Å². The Morgan fingerprint density at radius 2 is 2.11 bits per heavy atom. The molecule has 1 aromatic carbocycles. The molecular weight excluding hydrogens is 297 g/mol. The molecular formula is C13H15BrFN3. The Hall–Kier alpha value is -1.20. The van der Waals surface area contributed by atoms with Gasteiger partial charge in [0, 0.05) is 10.0 Å². The highest BCUT2D eigenvalue weighted by atomic mass is 79.9. The third-order valence-corrected chi connectivity index (χ3v) is 3.50. The van der Waals surface area contributed by atoms with Crippen LogP contribution in [0.3, 0.4) is 0 Å². The van der Waals surface area contributed by atoms with E-state index >= 15 is 0 Å². The Labute approximate surface area is 114 Å². The van der Waals surface area contributed by atoms with Gasteiger partial charge in [0.1, 0.15) is 11.6 Å². The summed E-state index contributed by atoms with van der Waals surface area (Å²) in [5.74, 6) is 0.509. The standard InChI is InChI=1S/C13H15BrFN3/c1-13(2,16-3)12-17-7-11(18-12)9-6-8(14)4-5-10(9)15/h4-7,16H,1-3H3,(H,17,18). The fourth-order valence-electron chi connectivity index (χ4n) is 1.60. The van der Waals surface area contributed by atoms with E-state index in [0.717, 1.165) is 10.3 Å². The summed E-state index contributed by atoms with van der Waals surface area (Å²) < 4.78 is 14.6. The lowest BCUT2D eigenvalue weighted by atomic mass is 10.1. The van der Waals surface area contributed by atoms with Gasteiger partial charge in [-0.05, 0) is 39.1 Å². The molecule has 0 aliphatic heterocycles. The molecule has 0 fully saturated rings. The van der Waals surface area contributed by atoms with Crippen LogP contribution in [-0.4, -0.2) is 17.0 Å². The first-order chi connectivity index (χ1) is 8.44. The summed E-state index contributed by atoms with van der Waals surface area (Å²) in [5.41, 5.74) is 0.906. The summed E-state index contributed by atoms with van der Waals surface area (Å²) in [6.45, 7) is 4.01. The van der Waals surface area contributed by atoms with E-state index in [1.54, 1.807) is 18.3 Å². The van der Waals surface area contributed by atoms with Crippen molar-refractivity contribution in [3.63, 3.8) is 0 Å². The van der Waals surface area contributed by atoms with Crippen LogP contribution in [0.5, 0.6) is 0 Å². The SMILES string of the molecule is CNC(C)(C)c1ncc(-c2cc(Br)ccc2F)[nH]1. The van der Waals surface area contributed by atoms with Crippen molar-refractivity contribution in [3.05, 3.63) is 40.5 Å². The number of rotatable bonds is 3. The molecule has 3 nitrogen and oxygen atoms in total. The Kier molecular flexibility index (Phi) is 3.54. The maximum Gasteiger partial charge on any atom is 0.132 e. The lowest BCUT2D eigenvalue weighted by Crippen LogP contribution is -2.34. The van der Waals surface area contributed by atoms with Crippen LogP contribution < -0.4 is 5.32 Å². The second-order valence-corrected chi connectivity index (χ2v) is 5.56. The van der Waals surface area contributed by atoms with Gasteiger partial charge in [0.05, 0.1) is 17.4 Å². The van der Waals surface area contributed by atoms with E-state index in [1.807, 2.05) is 20.9 Å². The Bertz CT molecular complexity index is 563. The van der Waals surface area contributed by atoms with Crippen molar-refractivity contribution in [2.24, 2.45) is 0 Å². The Morgan fingerprint density at radius 3 is 2.78 bits per heavy atom. The third-order valence-electron chi connectivity index (χ3n) is 3.01. The van der Waals surface area contributed by atoms with Gasteiger partial charge in [-0.1, -0.05) is 15.9 Å². The van der Waals surface area contributed by atoms with Crippen LogP contribution in [0.1, 0.15) is 19.7 Å². The van der Waals surface area contributed by atoms with E-state index in [2.05, 4.69) is 31.2 Å². The summed E-state index contributed by atoms with van der Waals surface area (Å²) in [7, 11) is 1.86. The van der Waals surface area contributed by atoms with E-state index in [0.29, 0.717) is 11.3 Å². The van der Waals surface area contributed by atoms with Gasteiger partial charge < -0.3 is 10.3 Å². The van der Waals surface area contributed by atoms with Crippen LogP contribution in [0.4, 0.5) is 4.39 Å². The van der Waals surface area contributed by atoms with Gasteiger partial charge in [-0.15, -0.1) is 0 Å². The number of nitrogens with one attached hydrogen (secondary N) is 2. The highest BCUT2D eigenvalue weighted by Gasteiger charge is 2.22.